The van der Waals surface area contributed by atoms with Gasteiger partial charge >= 0.3 is 0 Å². The van der Waals surface area contributed by atoms with E-state index >= 15 is 0 Å². The van der Waals surface area contributed by atoms with Gasteiger partial charge in [-0.2, -0.15) is 0 Å². The van der Waals surface area contributed by atoms with Gasteiger partial charge in [0.1, 0.15) is 0 Å². The van der Waals surface area contributed by atoms with Gasteiger partial charge in [0, 0.05) is 44.1 Å². The third kappa shape index (κ3) is 3.03. The predicted octanol–water partition coefficient (Wildman–Crippen LogP) is 1.57. The van der Waals surface area contributed by atoms with Crippen molar-refractivity contribution in [3.05, 3.63) is 29.6 Å². The molecule has 1 fully saturated rings. The first kappa shape index (κ1) is 11.6. The van der Waals surface area contributed by atoms with Crippen molar-refractivity contribution in [3.63, 3.8) is 0 Å². The standard InChI is InChI=1S/C13H21N3/c1-11-6-12(8-14-7-11)9-16-5-4-15-13(2,3)10-16/h6-8,15H,4-5,9-10H2,1-3H3. The van der Waals surface area contributed by atoms with E-state index in [4.69, 9.17) is 0 Å². The molecule has 16 heavy (non-hydrogen) atoms. The minimum atomic E-state index is 0.232. The van der Waals surface area contributed by atoms with Crippen LogP contribution >= 0.6 is 0 Å². The Hall–Kier alpha value is -0.930. The van der Waals surface area contributed by atoms with Crippen LogP contribution < -0.4 is 5.32 Å². The maximum atomic E-state index is 4.24. The molecule has 1 saturated heterocycles. The molecule has 0 unspecified atom stereocenters. The zero-order valence-electron chi connectivity index (χ0n) is 10.5. The van der Waals surface area contributed by atoms with Crippen molar-refractivity contribution >= 4 is 0 Å². The highest BCUT2D eigenvalue weighted by Gasteiger charge is 2.25. The van der Waals surface area contributed by atoms with Crippen LogP contribution in [0.2, 0.25) is 0 Å². The quantitative estimate of drug-likeness (QED) is 0.818. The molecule has 0 amide bonds. The Morgan fingerprint density at radius 1 is 1.44 bits per heavy atom. The van der Waals surface area contributed by atoms with Crippen LogP contribution in [0.4, 0.5) is 0 Å². The van der Waals surface area contributed by atoms with E-state index in [9.17, 15) is 0 Å². The average Bonchev–Trinajstić information content (AvgIpc) is 2.15. The monoisotopic (exact) mass is 219 g/mol. The Bertz CT molecular complexity index is 360. The van der Waals surface area contributed by atoms with E-state index < -0.39 is 0 Å². The van der Waals surface area contributed by atoms with E-state index in [1.165, 1.54) is 11.1 Å². The summed E-state index contributed by atoms with van der Waals surface area (Å²) >= 11 is 0. The number of hydrogen-bond donors (Lipinski definition) is 1. The Morgan fingerprint density at radius 3 is 2.94 bits per heavy atom. The molecular formula is C13H21N3. The van der Waals surface area contributed by atoms with Crippen LogP contribution in [0.3, 0.4) is 0 Å². The average molecular weight is 219 g/mol. The summed E-state index contributed by atoms with van der Waals surface area (Å²) in [5.74, 6) is 0. The number of aromatic nitrogens is 1. The fraction of sp³-hybridized carbons (Fsp3) is 0.615. The van der Waals surface area contributed by atoms with Crippen LogP contribution in [0.5, 0.6) is 0 Å². The molecule has 0 aliphatic carbocycles. The summed E-state index contributed by atoms with van der Waals surface area (Å²) in [6.45, 7) is 10.9. The molecule has 88 valence electrons. The predicted molar refractivity (Wildman–Crippen MR) is 66.3 cm³/mol. The Morgan fingerprint density at radius 2 is 2.25 bits per heavy atom. The molecule has 0 radical (unpaired) electrons. The molecule has 1 aliphatic heterocycles. The number of aryl methyl sites for hydroxylation is 1. The second kappa shape index (κ2) is 4.52. The first-order valence-corrected chi connectivity index (χ1v) is 5.93. The zero-order chi connectivity index (χ0) is 11.6. The smallest absolute Gasteiger partial charge is 0.0313 e. The van der Waals surface area contributed by atoms with Crippen LogP contribution in [-0.2, 0) is 6.54 Å². The molecule has 3 heteroatoms. The molecule has 1 aromatic rings. The lowest BCUT2D eigenvalue weighted by atomic mass is 10.0. The van der Waals surface area contributed by atoms with Crippen LogP contribution in [0.1, 0.15) is 25.0 Å². The Labute approximate surface area is 97.9 Å². The molecule has 1 N–H and O–H groups in total. The van der Waals surface area contributed by atoms with Gasteiger partial charge in [0.25, 0.3) is 0 Å². The molecule has 0 atom stereocenters. The third-order valence-electron chi connectivity index (χ3n) is 2.99. The summed E-state index contributed by atoms with van der Waals surface area (Å²) in [5, 5.41) is 3.53. The van der Waals surface area contributed by atoms with Crippen LogP contribution in [0, 0.1) is 6.92 Å². The summed E-state index contributed by atoms with van der Waals surface area (Å²) in [7, 11) is 0. The molecule has 0 saturated carbocycles. The molecule has 0 spiro atoms. The van der Waals surface area contributed by atoms with Crippen LogP contribution in [0.15, 0.2) is 18.5 Å². The summed E-state index contributed by atoms with van der Waals surface area (Å²) in [6, 6.07) is 2.22. The number of rotatable bonds is 2. The number of hydrogen-bond acceptors (Lipinski definition) is 3. The number of nitrogens with zero attached hydrogens (tertiary/aromatic N) is 2. The molecule has 1 aliphatic rings. The van der Waals surface area contributed by atoms with Gasteiger partial charge in [0.15, 0.2) is 0 Å². The summed E-state index contributed by atoms with van der Waals surface area (Å²) in [4.78, 5) is 6.74. The zero-order valence-corrected chi connectivity index (χ0v) is 10.5. The van der Waals surface area contributed by atoms with Gasteiger partial charge in [-0.3, -0.25) is 9.88 Å². The van der Waals surface area contributed by atoms with E-state index in [1.807, 2.05) is 12.4 Å². The minimum Gasteiger partial charge on any atom is -0.309 e. The summed E-state index contributed by atoms with van der Waals surface area (Å²) < 4.78 is 0. The van der Waals surface area contributed by atoms with Gasteiger partial charge in [-0.25, -0.2) is 0 Å². The first-order chi connectivity index (χ1) is 7.55. The van der Waals surface area contributed by atoms with Crippen molar-refractivity contribution in [2.75, 3.05) is 19.6 Å². The SMILES string of the molecule is Cc1cncc(CN2CCNC(C)(C)C2)c1. The number of piperazine rings is 1. The highest BCUT2D eigenvalue weighted by atomic mass is 15.2. The maximum absolute atomic E-state index is 4.24. The van der Waals surface area contributed by atoms with Gasteiger partial charge in [-0.15, -0.1) is 0 Å². The fourth-order valence-corrected chi connectivity index (χ4v) is 2.34. The lowest BCUT2D eigenvalue weighted by Crippen LogP contribution is -2.56. The van der Waals surface area contributed by atoms with Gasteiger partial charge < -0.3 is 5.32 Å². The van der Waals surface area contributed by atoms with Crippen molar-refractivity contribution < 1.29 is 0 Å². The lowest BCUT2D eigenvalue weighted by molar-refractivity contribution is 0.148. The van der Waals surface area contributed by atoms with Gasteiger partial charge in [-0.1, -0.05) is 6.07 Å². The van der Waals surface area contributed by atoms with Gasteiger partial charge in [0.2, 0.25) is 0 Å². The molecule has 2 rings (SSSR count). The van der Waals surface area contributed by atoms with Crippen LogP contribution in [-0.4, -0.2) is 35.1 Å². The molecular weight excluding hydrogens is 198 g/mol. The van der Waals surface area contributed by atoms with Crippen molar-refractivity contribution in [1.82, 2.24) is 15.2 Å². The van der Waals surface area contributed by atoms with E-state index in [1.54, 1.807) is 0 Å². The number of pyridine rings is 1. The summed E-state index contributed by atoms with van der Waals surface area (Å²) in [5.41, 5.74) is 2.79. The van der Waals surface area contributed by atoms with E-state index in [0.29, 0.717) is 0 Å². The van der Waals surface area contributed by atoms with Gasteiger partial charge in [-0.05, 0) is 31.9 Å². The molecule has 0 aromatic carbocycles. The maximum Gasteiger partial charge on any atom is 0.0313 e. The first-order valence-electron chi connectivity index (χ1n) is 5.93. The van der Waals surface area contributed by atoms with Crippen molar-refractivity contribution in [3.8, 4) is 0 Å². The second-order valence-corrected chi connectivity index (χ2v) is 5.39. The topological polar surface area (TPSA) is 28.2 Å². The third-order valence-corrected chi connectivity index (χ3v) is 2.99. The molecule has 1 aromatic heterocycles. The normalized spacial score (nSPS) is 20.9. The van der Waals surface area contributed by atoms with Crippen molar-refractivity contribution in [1.29, 1.82) is 0 Å². The van der Waals surface area contributed by atoms with Crippen LogP contribution in [0.25, 0.3) is 0 Å². The largest absolute Gasteiger partial charge is 0.309 e. The molecule has 0 bridgehead atoms. The second-order valence-electron chi connectivity index (χ2n) is 5.39. The lowest BCUT2D eigenvalue weighted by Gasteiger charge is -2.39. The van der Waals surface area contributed by atoms with Crippen molar-refractivity contribution in [2.24, 2.45) is 0 Å². The van der Waals surface area contributed by atoms with E-state index in [-0.39, 0.29) is 5.54 Å². The fourth-order valence-electron chi connectivity index (χ4n) is 2.34. The Balaban J connectivity index is 1.99. The molecule has 2 heterocycles. The molecule has 3 nitrogen and oxygen atoms in total. The Kier molecular flexibility index (Phi) is 3.26. The minimum absolute atomic E-state index is 0.232. The van der Waals surface area contributed by atoms with Gasteiger partial charge in [0.05, 0.1) is 0 Å². The highest BCUT2D eigenvalue weighted by Crippen LogP contribution is 2.13. The highest BCUT2D eigenvalue weighted by molar-refractivity contribution is 5.16. The summed E-state index contributed by atoms with van der Waals surface area (Å²) in [6.07, 6.45) is 3.88. The van der Waals surface area contributed by atoms with E-state index in [0.717, 1.165) is 26.2 Å². The number of nitrogens with one attached hydrogen (secondary N) is 1. The van der Waals surface area contributed by atoms with Crippen molar-refractivity contribution in [2.45, 2.75) is 32.9 Å². The van der Waals surface area contributed by atoms with E-state index in [2.05, 4.69) is 42.0 Å².